The molecule has 0 aliphatic carbocycles. The van der Waals surface area contributed by atoms with Gasteiger partial charge in [0.1, 0.15) is 12.5 Å². The van der Waals surface area contributed by atoms with E-state index in [2.05, 4.69) is 13.0 Å². The van der Waals surface area contributed by atoms with Crippen LogP contribution < -0.4 is 5.73 Å². The van der Waals surface area contributed by atoms with Gasteiger partial charge in [0.25, 0.3) is 0 Å². The molecule has 1 aliphatic rings. The molecule has 104 valence electrons. The van der Waals surface area contributed by atoms with Crippen LogP contribution in [-0.4, -0.2) is 21.7 Å². The molecule has 0 spiro atoms. The molecule has 1 aromatic carbocycles. The molecular weight excluding hydrogens is 240 g/mol. The zero-order valence-corrected chi connectivity index (χ0v) is 11.5. The standard InChI is InChI=1S/C15H22N2O2/c1-3-10(2)5-4-8-17-14(18)12-7-6-11(16)9-13(12)15(17)19/h3,6-7,9,14-15,18-19H,4-5,8,16H2,1-2H3/b10-3-. The van der Waals surface area contributed by atoms with Crippen molar-refractivity contribution in [2.75, 3.05) is 12.3 Å². The Hall–Kier alpha value is -1.36. The van der Waals surface area contributed by atoms with E-state index in [1.165, 1.54) is 5.57 Å². The smallest absolute Gasteiger partial charge is 0.136 e. The van der Waals surface area contributed by atoms with Crippen LogP contribution in [0, 0.1) is 0 Å². The molecule has 0 saturated heterocycles. The summed E-state index contributed by atoms with van der Waals surface area (Å²) in [5.41, 5.74) is 9.13. The molecule has 4 nitrogen and oxygen atoms in total. The first-order valence-corrected chi connectivity index (χ1v) is 6.67. The molecule has 2 rings (SSSR count). The molecule has 1 aliphatic heterocycles. The van der Waals surface area contributed by atoms with Gasteiger partial charge in [-0.25, -0.2) is 4.90 Å². The predicted octanol–water partition coefficient (Wildman–Crippen LogP) is 2.31. The van der Waals surface area contributed by atoms with E-state index in [1.54, 1.807) is 23.1 Å². The first kappa shape index (κ1) is 14.1. The third kappa shape index (κ3) is 2.81. The molecular formula is C15H22N2O2. The maximum Gasteiger partial charge on any atom is 0.136 e. The van der Waals surface area contributed by atoms with Crippen molar-refractivity contribution >= 4 is 5.69 Å². The van der Waals surface area contributed by atoms with Crippen LogP contribution in [0.25, 0.3) is 0 Å². The minimum Gasteiger partial charge on any atom is -0.399 e. The van der Waals surface area contributed by atoms with E-state index in [9.17, 15) is 10.2 Å². The number of allylic oxidation sites excluding steroid dienone is 2. The van der Waals surface area contributed by atoms with Crippen molar-refractivity contribution in [1.29, 1.82) is 0 Å². The third-order valence-electron chi connectivity index (χ3n) is 3.78. The molecule has 4 N–H and O–H groups in total. The fourth-order valence-electron chi connectivity index (χ4n) is 2.47. The maximum absolute atomic E-state index is 10.3. The summed E-state index contributed by atoms with van der Waals surface area (Å²) >= 11 is 0. The Balaban J connectivity index is 2.05. The lowest BCUT2D eigenvalue weighted by Crippen LogP contribution is -2.27. The van der Waals surface area contributed by atoms with Gasteiger partial charge in [-0.15, -0.1) is 0 Å². The number of nitrogen functional groups attached to an aromatic ring is 1. The summed E-state index contributed by atoms with van der Waals surface area (Å²) in [6.07, 6.45) is 2.47. The molecule has 4 heteroatoms. The van der Waals surface area contributed by atoms with Gasteiger partial charge in [-0.1, -0.05) is 17.7 Å². The molecule has 0 saturated carbocycles. The Morgan fingerprint density at radius 3 is 2.68 bits per heavy atom. The number of aliphatic hydroxyl groups is 2. The number of hydrogen-bond acceptors (Lipinski definition) is 4. The molecule has 0 aromatic heterocycles. The lowest BCUT2D eigenvalue weighted by Gasteiger charge is -2.24. The number of rotatable bonds is 4. The number of benzene rings is 1. The number of nitrogens with two attached hydrogens (primary N) is 1. The topological polar surface area (TPSA) is 69.7 Å². The van der Waals surface area contributed by atoms with E-state index in [4.69, 9.17) is 5.73 Å². The normalized spacial score (nSPS) is 23.7. The Morgan fingerprint density at radius 1 is 1.32 bits per heavy atom. The molecule has 0 bridgehead atoms. The fourth-order valence-corrected chi connectivity index (χ4v) is 2.47. The highest BCUT2D eigenvalue weighted by atomic mass is 16.3. The quantitative estimate of drug-likeness (QED) is 0.575. The highest BCUT2D eigenvalue weighted by molar-refractivity contribution is 5.48. The van der Waals surface area contributed by atoms with Gasteiger partial charge in [-0.2, -0.15) is 0 Å². The van der Waals surface area contributed by atoms with Crippen molar-refractivity contribution in [2.45, 2.75) is 39.1 Å². The first-order chi connectivity index (χ1) is 9.04. The molecule has 1 heterocycles. The molecule has 2 atom stereocenters. The van der Waals surface area contributed by atoms with Gasteiger partial charge in [0, 0.05) is 23.4 Å². The van der Waals surface area contributed by atoms with E-state index in [-0.39, 0.29) is 0 Å². The lowest BCUT2D eigenvalue weighted by molar-refractivity contribution is -0.0845. The van der Waals surface area contributed by atoms with Crippen LogP contribution in [0.2, 0.25) is 0 Å². The highest BCUT2D eigenvalue weighted by Crippen LogP contribution is 2.39. The van der Waals surface area contributed by atoms with Gasteiger partial charge >= 0.3 is 0 Å². The van der Waals surface area contributed by atoms with Gasteiger partial charge < -0.3 is 15.9 Å². The van der Waals surface area contributed by atoms with Gasteiger partial charge in [-0.3, -0.25) is 0 Å². The largest absolute Gasteiger partial charge is 0.399 e. The summed E-state index contributed by atoms with van der Waals surface area (Å²) < 4.78 is 0. The molecule has 0 radical (unpaired) electrons. The number of fused-ring (bicyclic) bond motifs is 1. The van der Waals surface area contributed by atoms with Gasteiger partial charge in [0.2, 0.25) is 0 Å². The summed E-state index contributed by atoms with van der Waals surface area (Å²) in [4.78, 5) is 1.70. The molecule has 2 unspecified atom stereocenters. The lowest BCUT2D eigenvalue weighted by atomic mass is 10.1. The number of hydrogen-bond donors (Lipinski definition) is 3. The van der Waals surface area contributed by atoms with E-state index in [0.29, 0.717) is 12.2 Å². The van der Waals surface area contributed by atoms with Crippen molar-refractivity contribution < 1.29 is 10.2 Å². The van der Waals surface area contributed by atoms with Gasteiger partial charge in [0.05, 0.1) is 0 Å². The summed E-state index contributed by atoms with van der Waals surface area (Å²) in [5.74, 6) is 0. The molecule has 0 fully saturated rings. The van der Waals surface area contributed by atoms with Crippen LogP contribution in [0.15, 0.2) is 29.8 Å². The Bertz CT molecular complexity index is 485. The zero-order valence-electron chi connectivity index (χ0n) is 11.5. The zero-order chi connectivity index (χ0) is 14.0. The van der Waals surface area contributed by atoms with Gasteiger partial charge in [0.15, 0.2) is 0 Å². The van der Waals surface area contributed by atoms with E-state index >= 15 is 0 Å². The van der Waals surface area contributed by atoms with Crippen LogP contribution in [0.4, 0.5) is 5.69 Å². The SMILES string of the molecule is C/C=C(/C)CCCN1C(O)c2ccc(N)cc2C1O. The maximum atomic E-state index is 10.3. The van der Waals surface area contributed by atoms with Crippen LogP contribution in [0.5, 0.6) is 0 Å². The van der Waals surface area contributed by atoms with Crippen molar-refractivity contribution in [1.82, 2.24) is 4.90 Å². The molecule has 0 amide bonds. The van der Waals surface area contributed by atoms with Crippen molar-refractivity contribution in [3.05, 3.63) is 41.0 Å². The Kier molecular flexibility index (Phi) is 4.24. The van der Waals surface area contributed by atoms with Crippen LogP contribution in [-0.2, 0) is 0 Å². The molecule has 19 heavy (non-hydrogen) atoms. The third-order valence-corrected chi connectivity index (χ3v) is 3.78. The second-order valence-electron chi connectivity index (χ2n) is 5.11. The van der Waals surface area contributed by atoms with Crippen LogP contribution in [0.3, 0.4) is 0 Å². The van der Waals surface area contributed by atoms with Crippen LogP contribution >= 0.6 is 0 Å². The van der Waals surface area contributed by atoms with Crippen molar-refractivity contribution in [3.8, 4) is 0 Å². The van der Waals surface area contributed by atoms with Crippen LogP contribution in [0.1, 0.15) is 50.3 Å². The number of nitrogens with zero attached hydrogens (tertiary/aromatic N) is 1. The minimum atomic E-state index is -0.764. The minimum absolute atomic E-state index is 0.608. The summed E-state index contributed by atoms with van der Waals surface area (Å²) in [7, 11) is 0. The average Bonchev–Trinajstić information content (AvgIpc) is 2.63. The first-order valence-electron chi connectivity index (χ1n) is 6.67. The summed E-state index contributed by atoms with van der Waals surface area (Å²) in [6, 6.07) is 5.28. The monoisotopic (exact) mass is 262 g/mol. The highest BCUT2D eigenvalue weighted by Gasteiger charge is 2.35. The van der Waals surface area contributed by atoms with E-state index < -0.39 is 12.5 Å². The van der Waals surface area contributed by atoms with Crippen molar-refractivity contribution in [2.24, 2.45) is 0 Å². The Morgan fingerprint density at radius 2 is 2.00 bits per heavy atom. The van der Waals surface area contributed by atoms with Gasteiger partial charge in [-0.05, 0) is 38.8 Å². The van der Waals surface area contributed by atoms with E-state index in [1.807, 2.05) is 6.92 Å². The fraction of sp³-hybridized carbons (Fsp3) is 0.467. The second kappa shape index (κ2) is 5.74. The van der Waals surface area contributed by atoms with E-state index in [0.717, 1.165) is 24.0 Å². The average molecular weight is 262 g/mol. The summed E-state index contributed by atoms with van der Waals surface area (Å²) in [5, 5.41) is 20.5. The second-order valence-corrected chi connectivity index (χ2v) is 5.11. The number of anilines is 1. The molecule has 1 aromatic rings. The Labute approximate surface area is 114 Å². The van der Waals surface area contributed by atoms with Crippen molar-refractivity contribution in [3.63, 3.8) is 0 Å². The number of aliphatic hydroxyl groups excluding tert-OH is 2. The summed E-state index contributed by atoms with van der Waals surface area (Å²) in [6.45, 7) is 4.77. The predicted molar refractivity (Wildman–Crippen MR) is 76.1 cm³/mol.